The fourth-order valence-electron chi connectivity index (χ4n) is 3.05. The van der Waals surface area contributed by atoms with E-state index in [-0.39, 0.29) is 12.0 Å². The summed E-state index contributed by atoms with van der Waals surface area (Å²) in [5, 5.41) is 7.46. The van der Waals surface area contributed by atoms with Gasteiger partial charge in [0.05, 0.1) is 12.4 Å². The van der Waals surface area contributed by atoms with E-state index < -0.39 is 0 Å². The van der Waals surface area contributed by atoms with Gasteiger partial charge in [0.15, 0.2) is 11.4 Å². The van der Waals surface area contributed by atoms with E-state index in [9.17, 15) is 4.79 Å². The standard InChI is InChI=1S/C18H20N4O3/c1-2-12-9-15(18(23)19-11-13-5-3-7-24-13)20-17-10-14(21-22(12)17)16-6-4-8-25-16/h4,6,8-10,13H,2-3,5,7,11H2,1H3,(H,19,23). The Labute approximate surface area is 145 Å². The van der Waals surface area contributed by atoms with Crippen LogP contribution >= 0.6 is 0 Å². The second-order valence-electron chi connectivity index (χ2n) is 6.11. The van der Waals surface area contributed by atoms with Crippen LogP contribution in [0.15, 0.2) is 34.9 Å². The molecule has 1 unspecified atom stereocenters. The highest BCUT2D eigenvalue weighted by atomic mass is 16.5. The Morgan fingerprint density at radius 2 is 2.36 bits per heavy atom. The molecule has 25 heavy (non-hydrogen) atoms. The summed E-state index contributed by atoms with van der Waals surface area (Å²) in [6.07, 6.45) is 4.50. The van der Waals surface area contributed by atoms with Crippen molar-refractivity contribution in [1.29, 1.82) is 0 Å². The number of hydrogen-bond acceptors (Lipinski definition) is 5. The van der Waals surface area contributed by atoms with E-state index in [1.807, 2.05) is 25.1 Å². The number of fused-ring (bicyclic) bond motifs is 1. The van der Waals surface area contributed by atoms with Gasteiger partial charge in [-0.05, 0) is 37.5 Å². The molecule has 0 radical (unpaired) electrons. The van der Waals surface area contributed by atoms with Crippen LogP contribution in [-0.4, -0.2) is 39.8 Å². The lowest BCUT2D eigenvalue weighted by molar-refractivity contribution is 0.0853. The number of amides is 1. The van der Waals surface area contributed by atoms with Crippen LogP contribution in [0.1, 0.15) is 35.9 Å². The van der Waals surface area contributed by atoms with Gasteiger partial charge in [-0.2, -0.15) is 5.10 Å². The molecule has 1 saturated heterocycles. The highest BCUT2D eigenvalue weighted by Crippen LogP contribution is 2.21. The topological polar surface area (TPSA) is 81.7 Å². The minimum Gasteiger partial charge on any atom is -0.463 e. The third kappa shape index (κ3) is 3.15. The van der Waals surface area contributed by atoms with Gasteiger partial charge in [-0.25, -0.2) is 9.50 Å². The van der Waals surface area contributed by atoms with E-state index in [4.69, 9.17) is 9.15 Å². The van der Waals surface area contributed by atoms with Crippen LogP contribution < -0.4 is 5.32 Å². The summed E-state index contributed by atoms with van der Waals surface area (Å²) in [7, 11) is 0. The summed E-state index contributed by atoms with van der Waals surface area (Å²) < 4.78 is 12.7. The summed E-state index contributed by atoms with van der Waals surface area (Å²) in [6.45, 7) is 3.32. The van der Waals surface area contributed by atoms with Gasteiger partial charge in [-0.15, -0.1) is 0 Å². The lowest BCUT2D eigenvalue weighted by Gasteiger charge is -2.11. The smallest absolute Gasteiger partial charge is 0.270 e. The Morgan fingerprint density at radius 3 is 3.08 bits per heavy atom. The second-order valence-corrected chi connectivity index (χ2v) is 6.11. The number of carbonyl (C=O) groups excluding carboxylic acids is 1. The van der Waals surface area contributed by atoms with Gasteiger partial charge in [0.1, 0.15) is 11.4 Å². The van der Waals surface area contributed by atoms with Crippen molar-refractivity contribution in [1.82, 2.24) is 19.9 Å². The van der Waals surface area contributed by atoms with E-state index in [1.165, 1.54) is 0 Å². The Hall–Kier alpha value is -2.67. The SMILES string of the molecule is CCc1cc(C(=O)NCC2CCCO2)nc2cc(-c3ccco3)nn12. The van der Waals surface area contributed by atoms with Gasteiger partial charge in [-0.3, -0.25) is 4.79 Å². The molecule has 0 bridgehead atoms. The van der Waals surface area contributed by atoms with Crippen molar-refractivity contribution in [3.8, 4) is 11.5 Å². The molecule has 1 aliphatic heterocycles. The van der Waals surface area contributed by atoms with Crippen molar-refractivity contribution in [2.24, 2.45) is 0 Å². The first-order valence-corrected chi connectivity index (χ1v) is 8.58. The zero-order valence-corrected chi connectivity index (χ0v) is 14.1. The van der Waals surface area contributed by atoms with E-state index in [0.29, 0.717) is 29.3 Å². The van der Waals surface area contributed by atoms with Gasteiger partial charge < -0.3 is 14.5 Å². The van der Waals surface area contributed by atoms with Crippen molar-refractivity contribution >= 4 is 11.6 Å². The summed E-state index contributed by atoms with van der Waals surface area (Å²) in [5.74, 6) is 0.491. The molecule has 1 aliphatic rings. The maximum atomic E-state index is 12.5. The van der Waals surface area contributed by atoms with E-state index in [0.717, 1.165) is 31.6 Å². The highest BCUT2D eigenvalue weighted by molar-refractivity contribution is 5.93. The average Bonchev–Trinajstić information content (AvgIpc) is 3.39. The molecule has 0 aliphatic carbocycles. The minimum absolute atomic E-state index is 0.110. The number of nitrogens with one attached hydrogen (secondary N) is 1. The van der Waals surface area contributed by atoms with Crippen molar-refractivity contribution in [3.63, 3.8) is 0 Å². The van der Waals surface area contributed by atoms with Gasteiger partial charge in [0, 0.05) is 24.9 Å². The first-order valence-electron chi connectivity index (χ1n) is 8.58. The van der Waals surface area contributed by atoms with E-state index in [1.54, 1.807) is 16.8 Å². The van der Waals surface area contributed by atoms with Crippen molar-refractivity contribution in [3.05, 3.63) is 41.9 Å². The second kappa shape index (κ2) is 6.68. The predicted octanol–water partition coefficient (Wildman–Crippen LogP) is 2.46. The van der Waals surface area contributed by atoms with Crippen molar-refractivity contribution in [2.45, 2.75) is 32.3 Å². The van der Waals surface area contributed by atoms with E-state index >= 15 is 0 Å². The zero-order valence-electron chi connectivity index (χ0n) is 14.1. The molecule has 7 nitrogen and oxygen atoms in total. The highest BCUT2D eigenvalue weighted by Gasteiger charge is 2.19. The molecule has 4 rings (SSSR count). The van der Waals surface area contributed by atoms with Crippen molar-refractivity contribution in [2.75, 3.05) is 13.2 Å². The number of aryl methyl sites for hydroxylation is 1. The molecular formula is C18H20N4O3. The van der Waals surface area contributed by atoms with Crippen molar-refractivity contribution < 1.29 is 13.9 Å². The summed E-state index contributed by atoms with van der Waals surface area (Å²) >= 11 is 0. The van der Waals surface area contributed by atoms with E-state index in [2.05, 4.69) is 15.4 Å². The molecule has 7 heteroatoms. The average molecular weight is 340 g/mol. The first-order chi connectivity index (χ1) is 12.2. The lowest BCUT2D eigenvalue weighted by Crippen LogP contribution is -2.32. The summed E-state index contributed by atoms with van der Waals surface area (Å²) in [6, 6.07) is 7.28. The summed E-state index contributed by atoms with van der Waals surface area (Å²) in [4.78, 5) is 16.9. The maximum Gasteiger partial charge on any atom is 0.270 e. The molecular weight excluding hydrogens is 320 g/mol. The number of carbonyl (C=O) groups is 1. The molecule has 1 atom stereocenters. The fraction of sp³-hybridized carbons (Fsp3) is 0.389. The lowest BCUT2D eigenvalue weighted by atomic mass is 10.2. The molecule has 0 aromatic carbocycles. The largest absolute Gasteiger partial charge is 0.463 e. The monoisotopic (exact) mass is 340 g/mol. The molecule has 3 aromatic heterocycles. The molecule has 0 spiro atoms. The molecule has 1 fully saturated rings. The number of hydrogen-bond donors (Lipinski definition) is 1. The third-order valence-electron chi connectivity index (χ3n) is 4.38. The molecule has 1 N–H and O–H groups in total. The minimum atomic E-state index is -0.187. The predicted molar refractivity (Wildman–Crippen MR) is 91.4 cm³/mol. The molecule has 3 aromatic rings. The van der Waals surface area contributed by atoms with Crippen LogP contribution in [0, 0.1) is 0 Å². The van der Waals surface area contributed by atoms with Crippen LogP contribution in [0.25, 0.3) is 17.1 Å². The molecule has 1 amide bonds. The van der Waals surface area contributed by atoms with Gasteiger partial charge in [0.2, 0.25) is 0 Å². The number of rotatable bonds is 5. The van der Waals surface area contributed by atoms with Crippen LogP contribution in [-0.2, 0) is 11.2 Å². The van der Waals surface area contributed by atoms with Crippen LogP contribution in [0.4, 0.5) is 0 Å². The molecule has 130 valence electrons. The molecule has 4 heterocycles. The zero-order chi connectivity index (χ0) is 17.2. The number of nitrogens with zero attached hydrogens (tertiary/aromatic N) is 3. The maximum absolute atomic E-state index is 12.5. The first kappa shape index (κ1) is 15.8. The number of aromatic nitrogens is 3. The van der Waals surface area contributed by atoms with Gasteiger partial charge in [0.25, 0.3) is 5.91 Å². The normalized spacial score (nSPS) is 17.2. The quantitative estimate of drug-likeness (QED) is 0.771. The Morgan fingerprint density at radius 1 is 1.44 bits per heavy atom. The van der Waals surface area contributed by atoms with Gasteiger partial charge >= 0.3 is 0 Å². The van der Waals surface area contributed by atoms with Crippen LogP contribution in [0.5, 0.6) is 0 Å². The Bertz CT molecular complexity index is 879. The van der Waals surface area contributed by atoms with Gasteiger partial charge in [-0.1, -0.05) is 6.92 Å². The molecule has 0 saturated carbocycles. The fourth-order valence-corrected chi connectivity index (χ4v) is 3.05. The number of ether oxygens (including phenoxy) is 1. The number of furan rings is 1. The summed E-state index contributed by atoms with van der Waals surface area (Å²) in [5.41, 5.74) is 2.65. The third-order valence-corrected chi connectivity index (χ3v) is 4.38. The van der Waals surface area contributed by atoms with Crippen LogP contribution in [0.3, 0.4) is 0 Å². The Kier molecular flexibility index (Phi) is 4.23. The van der Waals surface area contributed by atoms with Crippen LogP contribution in [0.2, 0.25) is 0 Å². The Balaban J connectivity index is 1.61.